The van der Waals surface area contributed by atoms with Crippen LogP contribution in [-0.4, -0.2) is 24.5 Å². The van der Waals surface area contributed by atoms with Gasteiger partial charge in [-0.05, 0) is 62.5 Å². The summed E-state index contributed by atoms with van der Waals surface area (Å²) in [6.45, 7) is 4.94. The summed E-state index contributed by atoms with van der Waals surface area (Å²) < 4.78 is 51.4. The molecule has 1 aromatic rings. The lowest BCUT2D eigenvalue weighted by Gasteiger charge is -2.32. The molecular formula is C15H19F4N. The minimum atomic E-state index is -4.62. The average molecular weight is 289 g/mol. The molecular weight excluding hydrogens is 270 g/mol. The second-order valence-corrected chi connectivity index (χ2v) is 5.35. The van der Waals surface area contributed by atoms with Crippen molar-refractivity contribution in [3.63, 3.8) is 0 Å². The molecule has 0 N–H and O–H groups in total. The first-order valence-corrected chi connectivity index (χ1v) is 7.00. The second kappa shape index (κ2) is 6.12. The van der Waals surface area contributed by atoms with E-state index in [-0.39, 0.29) is 5.92 Å². The molecule has 0 aliphatic carbocycles. The molecule has 0 amide bonds. The molecule has 1 fully saturated rings. The highest BCUT2D eigenvalue weighted by atomic mass is 19.4. The van der Waals surface area contributed by atoms with Gasteiger partial charge in [0, 0.05) is 0 Å². The van der Waals surface area contributed by atoms with E-state index >= 15 is 0 Å². The maximum atomic E-state index is 13.3. The van der Waals surface area contributed by atoms with Gasteiger partial charge in [0.25, 0.3) is 0 Å². The molecule has 0 atom stereocenters. The van der Waals surface area contributed by atoms with Crippen LogP contribution < -0.4 is 0 Å². The number of hydrogen-bond donors (Lipinski definition) is 0. The van der Waals surface area contributed by atoms with Gasteiger partial charge in [0.15, 0.2) is 0 Å². The van der Waals surface area contributed by atoms with Gasteiger partial charge in [-0.15, -0.1) is 0 Å². The highest BCUT2D eigenvalue weighted by molar-refractivity contribution is 5.30. The van der Waals surface area contributed by atoms with E-state index in [1.54, 1.807) is 0 Å². The zero-order chi connectivity index (χ0) is 14.8. The first-order chi connectivity index (χ1) is 9.41. The summed E-state index contributed by atoms with van der Waals surface area (Å²) in [4.78, 5) is 2.32. The molecule has 1 saturated heterocycles. The Morgan fingerprint density at radius 3 is 2.40 bits per heavy atom. The van der Waals surface area contributed by atoms with Crippen molar-refractivity contribution in [2.45, 2.75) is 38.3 Å². The normalized spacial score (nSPS) is 18.4. The van der Waals surface area contributed by atoms with Crippen LogP contribution in [0.15, 0.2) is 18.2 Å². The van der Waals surface area contributed by atoms with Gasteiger partial charge in [-0.2, -0.15) is 13.2 Å². The molecule has 2 rings (SSSR count). The lowest BCUT2D eigenvalue weighted by Crippen LogP contribution is -2.33. The molecule has 0 saturated carbocycles. The van der Waals surface area contributed by atoms with Crippen LogP contribution in [0.4, 0.5) is 17.6 Å². The van der Waals surface area contributed by atoms with Crippen molar-refractivity contribution in [3.05, 3.63) is 35.1 Å². The molecule has 1 aromatic carbocycles. The molecule has 5 heteroatoms. The van der Waals surface area contributed by atoms with Gasteiger partial charge in [0.05, 0.1) is 5.56 Å². The smallest absolute Gasteiger partial charge is 0.303 e. The van der Waals surface area contributed by atoms with E-state index in [0.29, 0.717) is 5.56 Å². The van der Waals surface area contributed by atoms with Crippen molar-refractivity contribution in [2.75, 3.05) is 19.6 Å². The van der Waals surface area contributed by atoms with E-state index in [0.717, 1.165) is 51.0 Å². The van der Waals surface area contributed by atoms with Crippen LogP contribution in [0.5, 0.6) is 0 Å². The van der Waals surface area contributed by atoms with E-state index in [9.17, 15) is 17.6 Å². The molecule has 0 bridgehead atoms. The Labute approximate surface area is 116 Å². The number of piperidine rings is 1. The zero-order valence-corrected chi connectivity index (χ0v) is 11.5. The fourth-order valence-electron chi connectivity index (χ4n) is 2.82. The van der Waals surface area contributed by atoms with Crippen LogP contribution in [0.3, 0.4) is 0 Å². The topological polar surface area (TPSA) is 3.24 Å². The van der Waals surface area contributed by atoms with E-state index < -0.39 is 17.6 Å². The van der Waals surface area contributed by atoms with Crippen LogP contribution in [0.25, 0.3) is 0 Å². The molecule has 1 heterocycles. The average Bonchev–Trinajstić information content (AvgIpc) is 2.39. The van der Waals surface area contributed by atoms with Gasteiger partial charge in [-0.3, -0.25) is 0 Å². The lowest BCUT2D eigenvalue weighted by molar-refractivity contribution is -0.140. The van der Waals surface area contributed by atoms with Crippen LogP contribution in [-0.2, 0) is 6.18 Å². The number of rotatable bonds is 3. The molecule has 20 heavy (non-hydrogen) atoms. The van der Waals surface area contributed by atoms with Crippen molar-refractivity contribution in [3.8, 4) is 0 Å². The number of benzene rings is 1. The Bertz CT molecular complexity index is 448. The van der Waals surface area contributed by atoms with Crippen molar-refractivity contribution >= 4 is 0 Å². The first kappa shape index (κ1) is 15.3. The summed E-state index contributed by atoms with van der Waals surface area (Å²) in [5, 5.41) is 0. The van der Waals surface area contributed by atoms with Crippen LogP contribution in [0, 0.1) is 5.82 Å². The number of alkyl halides is 3. The molecule has 0 spiro atoms. The Kier molecular flexibility index (Phi) is 4.68. The van der Waals surface area contributed by atoms with E-state index in [1.807, 2.05) is 0 Å². The van der Waals surface area contributed by atoms with Gasteiger partial charge >= 0.3 is 6.18 Å². The highest BCUT2D eigenvalue weighted by Crippen LogP contribution is 2.35. The molecule has 112 valence electrons. The fourth-order valence-corrected chi connectivity index (χ4v) is 2.82. The van der Waals surface area contributed by atoms with Crippen LogP contribution in [0.2, 0.25) is 0 Å². The Morgan fingerprint density at radius 1 is 1.20 bits per heavy atom. The first-order valence-electron chi connectivity index (χ1n) is 7.00. The summed E-state index contributed by atoms with van der Waals surface area (Å²) in [6.07, 6.45) is -1.87. The lowest BCUT2D eigenvalue weighted by atomic mass is 9.88. The SMILES string of the molecule is CCCN1CCC(c2ccc(F)c(C(F)(F)F)c2)CC1. The third-order valence-corrected chi connectivity index (χ3v) is 3.89. The number of halogens is 4. The van der Waals surface area contributed by atoms with Crippen molar-refractivity contribution in [1.29, 1.82) is 0 Å². The van der Waals surface area contributed by atoms with Gasteiger partial charge in [-0.1, -0.05) is 13.0 Å². The fraction of sp³-hybridized carbons (Fsp3) is 0.600. The third-order valence-electron chi connectivity index (χ3n) is 3.89. The predicted molar refractivity (Wildman–Crippen MR) is 70.1 cm³/mol. The zero-order valence-electron chi connectivity index (χ0n) is 11.5. The van der Waals surface area contributed by atoms with Gasteiger partial charge in [-0.25, -0.2) is 4.39 Å². The number of likely N-dealkylation sites (tertiary alicyclic amines) is 1. The van der Waals surface area contributed by atoms with Crippen LogP contribution >= 0.6 is 0 Å². The number of nitrogens with zero attached hydrogens (tertiary/aromatic N) is 1. The van der Waals surface area contributed by atoms with Gasteiger partial charge < -0.3 is 4.90 Å². The van der Waals surface area contributed by atoms with E-state index in [1.165, 1.54) is 6.07 Å². The standard InChI is InChI=1S/C15H19F4N/c1-2-7-20-8-5-11(6-9-20)12-3-4-14(16)13(10-12)15(17,18)19/h3-4,10-11H,2,5-9H2,1H3. The summed E-state index contributed by atoms with van der Waals surface area (Å²) in [5.41, 5.74) is -0.541. The predicted octanol–water partition coefficient (Wildman–Crippen LogP) is 4.43. The van der Waals surface area contributed by atoms with Gasteiger partial charge in [0.1, 0.15) is 5.82 Å². The van der Waals surface area contributed by atoms with E-state index in [4.69, 9.17) is 0 Å². The maximum Gasteiger partial charge on any atom is 0.419 e. The van der Waals surface area contributed by atoms with Gasteiger partial charge in [0.2, 0.25) is 0 Å². The minimum Gasteiger partial charge on any atom is -0.303 e. The van der Waals surface area contributed by atoms with Crippen molar-refractivity contribution < 1.29 is 17.6 Å². The summed E-state index contributed by atoms with van der Waals surface area (Å²) in [7, 11) is 0. The molecule has 0 radical (unpaired) electrons. The van der Waals surface area contributed by atoms with E-state index in [2.05, 4.69) is 11.8 Å². The minimum absolute atomic E-state index is 0.102. The Morgan fingerprint density at radius 2 is 1.85 bits per heavy atom. The highest BCUT2D eigenvalue weighted by Gasteiger charge is 2.35. The van der Waals surface area contributed by atoms with Crippen LogP contribution in [0.1, 0.15) is 43.2 Å². The molecule has 1 nitrogen and oxygen atoms in total. The molecule has 0 aromatic heterocycles. The Balaban J connectivity index is 2.11. The second-order valence-electron chi connectivity index (χ2n) is 5.35. The van der Waals surface area contributed by atoms with Crippen molar-refractivity contribution in [2.24, 2.45) is 0 Å². The molecule has 1 aliphatic rings. The number of hydrogen-bond acceptors (Lipinski definition) is 1. The largest absolute Gasteiger partial charge is 0.419 e. The Hall–Kier alpha value is -1.10. The quantitative estimate of drug-likeness (QED) is 0.744. The molecule has 1 aliphatic heterocycles. The maximum absolute atomic E-state index is 13.3. The van der Waals surface area contributed by atoms with Crippen molar-refractivity contribution in [1.82, 2.24) is 4.90 Å². The third kappa shape index (κ3) is 3.51. The summed E-state index contributed by atoms with van der Waals surface area (Å²) in [5.74, 6) is -1.09. The monoisotopic (exact) mass is 289 g/mol. The summed E-state index contributed by atoms with van der Waals surface area (Å²) in [6, 6.07) is 3.41. The summed E-state index contributed by atoms with van der Waals surface area (Å²) >= 11 is 0. The molecule has 0 unspecified atom stereocenters.